The van der Waals surface area contributed by atoms with Crippen molar-refractivity contribution in [3.63, 3.8) is 0 Å². The fraction of sp³-hybridized carbons (Fsp3) is 0.238. The van der Waals surface area contributed by atoms with Gasteiger partial charge >= 0.3 is 0 Å². The molecule has 138 valence electrons. The molecule has 0 aliphatic carbocycles. The van der Waals surface area contributed by atoms with Crippen LogP contribution in [0.4, 0.5) is 0 Å². The highest BCUT2D eigenvalue weighted by atomic mass is 16.5. The van der Waals surface area contributed by atoms with E-state index in [1.165, 1.54) is 13.2 Å². The predicted octanol–water partition coefficient (Wildman–Crippen LogP) is 3.79. The number of Topliss-reactive ketones (excluding diaryl/α,β-unsaturated/α-hetero) is 1. The summed E-state index contributed by atoms with van der Waals surface area (Å²) in [7, 11) is 0. The van der Waals surface area contributed by atoms with Crippen molar-refractivity contribution in [3.05, 3.63) is 53.8 Å². The zero-order chi connectivity index (χ0) is 18.8. The molecule has 0 spiro atoms. The van der Waals surface area contributed by atoms with Crippen LogP contribution < -0.4 is 14.2 Å². The summed E-state index contributed by atoms with van der Waals surface area (Å²) in [6, 6.07) is 10.3. The van der Waals surface area contributed by atoms with Crippen molar-refractivity contribution in [2.45, 2.75) is 13.3 Å². The fourth-order valence-corrected chi connectivity index (χ4v) is 2.92. The number of fused-ring (bicyclic) bond motifs is 2. The molecule has 0 bridgehead atoms. The average Bonchev–Trinajstić information content (AvgIpc) is 2.94. The Morgan fingerprint density at radius 2 is 1.85 bits per heavy atom. The number of benzene rings is 2. The van der Waals surface area contributed by atoms with Gasteiger partial charge in [-0.3, -0.25) is 9.59 Å². The first kappa shape index (κ1) is 17.1. The molecule has 0 fully saturated rings. The van der Waals surface area contributed by atoms with Crippen LogP contribution in [0.3, 0.4) is 0 Å². The molecular formula is C21H18O6. The highest BCUT2D eigenvalue weighted by molar-refractivity contribution is 6.16. The van der Waals surface area contributed by atoms with Gasteiger partial charge in [-0.1, -0.05) is 0 Å². The second-order valence-electron chi connectivity index (χ2n) is 6.34. The van der Waals surface area contributed by atoms with Gasteiger partial charge in [-0.15, -0.1) is 0 Å². The second kappa shape index (κ2) is 7.15. The van der Waals surface area contributed by atoms with E-state index >= 15 is 0 Å². The Morgan fingerprint density at radius 3 is 2.67 bits per heavy atom. The third kappa shape index (κ3) is 3.51. The highest BCUT2D eigenvalue weighted by Gasteiger charge is 2.19. The van der Waals surface area contributed by atoms with Crippen molar-refractivity contribution in [3.8, 4) is 17.2 Å². The lowest BCUT2D eigenvalue weighted by Crippen LogP contribution is -2.06. The standard InChI is InChI=1S/C21H18O6/c1-13(22)11-26-15-4-6-18-16(10-15)17(12-27-18)21(23)14-3-5-19-20(9-14)25-8-2-7-24-19/h3-6,9-10,12H,2,7-8,11H2,1H3. The van der Waals surface area contributed by atoms with Crippen molar-refractivity contribution >= 4 is 22.5 Å². The van der Waals surface area contributed by atoms with Gasteiger partial charge in [0.2, 0.25) is 0 Å². The lowest BCUT2D eigenvalue weighted by atomic mass is 10.0. The van der Waals surface area contributed by atoms with E-state index in [9.17, 15) is 9.59 Å². The predicted molar refractivity (Wildman–Crippen MR) is 97.9 cm³/mol. The SMILES string of the molecule is CC(=O)COc1ccc2occ(C(=O)c3ccc4c(c3)OCCCO4)c2c1. The Hall–Kier alpha value is -3.28. The molecule has 1 aliphatic rings. The van der Waals surface area contributed by atoms with Crippen LogP contribution >= 0.6 is 0 Å². The minimum Gasteiger partial charge on any atom is -0.490 e. The van der Waals surface area contributed by atoms with Crippen LogP contribution in [0.1, 0.15) is 29.3 Å². The number of hydrogen-bond donors (Lipinski definition) is 0. The monoisotopic (exact) mass is 366 g/mol. The topological polar surface area (TPSA) is 75.0 Å². The molecule has 2 aromatic carbocycles. The van der Waals surface area contributed by atoms with E-state index in [4.69, 9.17) is 18.6 Å². The van der Waals surface area contributed by atoms with Gasteiger partial charge in [-0.05, 0) is 43.3 Å². The first-order valence-electron chi connectivity index (χ1n) is 8.69. The van der Waals surface area contributed by atoms with E-state index < -0.39 is 0 Å². The van der Waals surface area contributed by atoms with Crippen LogP contribution in [-0.2, 0) is 4.79 Å². The van der Waals surface area contributed by atoms with E-state index in [2.05, 4.69) is 0 Å². The normalized spacial score (nSPS) is 13.2. The molecule has 1 aromatic heterocycles. The molecule has 0 atom stereocenters. The molecule has 0 saturated heterocycles. The first-order chi connectivity index (χ1) is 13.1. The summed E-state index contributed by atoms with van der Waals surface area (Å²) < 4.78 is 22.2. The van der Waals surface area contributed by atoms with Crippen molar-refractivity contribution in [1.82, 2.24) is 0 Å². The molecule has 1 aliphatic heterocycles. The van der Waals surface area contributed by atoms with Gasteiger partial charge < -0.3 is 18.6 Å². The lowest BCUT2D eigenvalue weighted by molar-refractivity contribution is -0.118. The first-order valence-corrected chi connectivity index (χ1v) is 8.69. The number of carbonyl (C=O) groups excluding carboxylic acids is 2. The Bertz CT molecular complexity index is 1020. The van der Waals surface area contributed by atoms with Crippen LogP contribution in [-0.4, -0.2) is 31.4 Å². The summed E-state index contributed by atoms with van der Waals surface area (Å²) in [5.41, 5.74) is 1.48. The van der Waals surface area contributed by atoms with E-state index in [1.807, 2.05) is 0 Å². The second-order valence-corrected chi connectivity index (χ2v) is 6.34. The van der Waals surface area contributed by atoms with Crippen molar-refractivity contribution < 1.29 is 28.2 Å². The van der Waals surface area contributed by atoms with Crippen molar-refractivity contribution in [2.75, 3.05) is 19.8 Å². The van der Waals surface area contributed by atoms with Gasteiger partial charge in [0, 0.05) is 17.4 Å². The molecule has 0 radical (unpaired) electrons. The van der Waals surface area contributed by atoms with Gasteiger partial charge in [0.05, 0.1) is 18.8 Å². The smallest absolute Gasteiger partial charge is 0.197 e. The molecule has 0 amide bonds. The van der Waals surface area contributed by atoms with Crippen LogP contribution in [0, 0.1) is 0 Å². The van der Waals surface area contributed by atoms with Gasteiger partial charge in [-0.2, -0.15) is 0 Å². The Labute approximate surface area is 155 Å². The summed E-state index contributed by atoms with van der Waals surface area (Å²) >= 11 is 0. The molecule has 27 heavy (non-hydrogen) atoms. The maximum Gasteiger partial charge on any atom is 0.197 e. The van der Waals surface area contributed by atoms with Gasteiger partial charge in [0.1, 0.15) is 24.2 Å². The molecule has 6 nitrogen and oxygen atoms in total. The van der Waals surface area contributed by atoms with E-state index in [1.54, 1.807) is 36.4 Å². The molecule has 6 heteroatoms. The number of hydrogen-bond acceptors (Lipinski definition) is 6. The number of carbonyl (C=O) groups is 2. The van der Waals surface area contributed by atoms with Gasteiger partial charge in [0.15, 0.2) is 23.1 Å². The van der Waals surface area contributed by atoms with Crippen LogP contribution in [0.15, 0.2) is 47.1 Å². The number of ether oxygens (including phenoxy) is 3. The Balaban J connectivity index is 1.67. The van der Waals surface area contributed by atoms with Crippen LogP contribution in [0.2, 0.25) is 0 Å². The zero-order valence-corrected chi connectivity index (χ0v) is 14.8. The minimum atomic E-state index is -0.187. The molecular weight excluding hydrogens is 348 g/mol. The molecule has 4 rings (SSSR count). The summed E-state index contributed by atoms with van der Waals surface area (Å²) in [6.45, 7) is 2.58. The molecule has 3 aromatic rings. The molecule has 0 N–H and O–H groups in total. The highest BCUT2D eigenvalue weighted by Crippen LogP contribution is 2.33. The Morgan fingerprint density at radius 1 is 1.04 bits per heavy atom. The summed E-state index contributed by atoms with van der Waals surface area (Å²) in [6.07, 6.45) is 2.23. The van der Waals surface area contributed by atoms with Crippen LogP contribution in [0.5, 0.6) is 17.2 Å². The number of furan rings is 1. The third-order valence-electron chi connectivity index (χ3n) is 4.24. The van der Waals surface area contributed by atoms with E-state index in [0.29, 0.717) is 52.6 Å². The molecule has 0 saturated carbocycles. The fourth-order valence-electron chi connectivity index (χ4n) is 2.92. The summed E-state index contributed by atoms with van der Waals surface area (Å²) in [5.74, 6) is 1.45. The maximum atomic E-state index is 13.0. The zero-order valence-electron chi connectivity index (χ0n) is 14.8. The quantitative estimate of drug-likeness (QED) is 0.640. The molecule has 2 heterocycles. The third-order valence-corrected chi connectivity index (χ3v) is 4.24. The largest absolute Gasteiger partial charge is 0.490 e. The van der Waals surface area contributed by atoms with Gasteiger partial charge in [0.25, 0.3) is 0 Å². The van der Waals surface area contributed by atoms with Crippen molar-refractivity contribution in [2.24, 2.45) is 0 Å². The van der Waals surface area contributed by atoms with Crippen LogP contribution in [0.25, 0.3) is 11.0 Å². The average molecular weight is 366 g/mol. The lowest BCUT2D eigenvalue weighted by Gasteiger charge is -2.08. The van der Waals surface area contributed by atoms with Crippen molar-refractivity contribution in [1.29, 1.82) is 0 Å². The number of ketones is 2. The molecule has 0 unspecified atom stereocenters. The summed E-state index contributed by atoms with van der Waals surface area (Å²) in [4.78, 5) is 24.1. The Kier molecular flexibility index (Phi) is 4.54. The van der Waals surface area contributed by atoms with E-state index in [0.717, 1.165) is 6.42 Å². The van der Waals surface area contributed by atoms with Gasteiger partial charge in [-0.25, -0.2) is 0 Å². The number of rotatable bonds is 5. The maximum absolute atomic E-state index is 13.0. The summed E-state index contributed by atoms with van der Waals surface area (Å²) in [5, 5.41) is 0.633. The minimum absolute atomic E-state index is 0.0190. The van der Waals surface area contributed by atoms with E-state index in [-0.39, 0.29) is 18.2 Å².